The smallest absolute Gasteiger partial charge is 0.408 e. The van der Waals surface area contributed by atoms with Crippen LogP contribution in [0.1, 0.15) is 57.0 Å². The summed E-state index contributed by atoms with van der Waals surface area (Å²) in [4.78, 5) is 17.1. The van der Waals surface area contributed by atoms with E-state index in [1.165, 1.54) is 0 Å². The van der Waals surface area contributed by atoms with E-state index in [4.69, 9.17) is 9.72 Å². The van der Waals surface area contributed by atoms with Gasteiger partial charge in [0, 0.05) is 7.05 Å². The maximum Gasteiger partial charge on any atom is 0.408 e. The van der Waals surface area contributed by atoms with Gasteiger partial charge in [-0.15, -0.1) is 0 Å². The molecule has 0 bridgehead atoms. The van der Waals surface area contributed by atoms with Crippen molar-refractivity contribution in [2.24, 2.45) is 7.05 Å². The monoisotopic (exact) mass is 345 g/mol. The summed E-state index contributed by atoms with van der Waals surface area (Å²) in [7, 11) is 1.96. The number of fused-ring (bicyclic) bond motifs is 1. The summed E-state index contributed by atoms with van der Waals surface area (Å²) < 4.78 is 7.46. The zero-order chi connectivity index (χ0) is 18.4. The first kappa shape index (κ1) is 17.7. The van der Waals surface area contributed by atoms with Crippen LogP contribution in [0.5, 0.6) is 0 Å². The molecule has 1 aliphatic rings. The zero-order valence-corrected chi connectivity index (χ0v) is 15.6. The topological polar surface area (TPSA) is 76.4 Å². The third-order valence-corrected chi connectivity index (χ3v) is 4.88. The molecule has 1 aromatic carbocycles. The minimum absolute atomic E-state index is 0.00356. The third-order valence-electron chi connectivity index (χ3n) is 4.88. The number of aliphatic hydroxyl groups is 1. The van der Waals surface area contributed by atoms with Crippen molar-refractivity contribution < 1.29 is 14.6 Å². The van der Waals surface area contributed by atoms with Gasteiger partial charge < -0.3 is 19.7 Å². The molecule has 1 saturated carbocycles. The van der Waals surface area contributed by atoms with Crippen molar-refractivity contribution in [3.63, 3.8) is 0 Å². The molecule has 136 valence electrons. The number of benzene rings is 1. The largest absolute Gasteiger partial charge is 0.444 e. The second-order valence-electron chi connectivity index (χ2n) is 7.98. The molecule has 0 radical (unpaired) electrons. The number of aliphatic hydroxyl groups excluding tert-OH is 1. The summed E-state index contributed by atoms with van der Waals surface area (Å²) in [6.45, 7) is 7.54. The Balaban J connectivity index is 1.98. The molecule has 2 aromatic rings. The first-order valence-corrected chi connectivity index (χ1v) is 8.74. The Morgan fingerprint density at radius 2 is 2.08 bits per heavy atom. The Kier molecular flexibility index (Phi) is 4.27. The van der Waals surface area contributed by atoms with E-state index in [9.17, 15) is 9.90 Å². The third kappa shape index (κ3) is 3.23. The van der Waals surface area contributed by atoms with Crippen LogP contribution in [0.2, 0.25) is 0 Å². The average Bonchev–Trinajstić information content (AvgIpc) is 2.77. The highest BCUT2D eigenvalue weighted by Crippen LogP contribution is 2.42. The van der Waals surface area contributed by atoms with E-state index < -0.39 is 17.2 Å². The first-order chi connectivity index (χ1) is 11.6. The lowest BCUT2D eigenvalue weighted by Crippen LogP contribution is -2.53. The minimum atomic E-state index is -0.533. The van der Waals surface area contributed by atoms with Gasteiger partial charge in [0.1, 0.15) is 17.0 Å². The molecule has 25 heavy (non-hydrogen) atoms. The predicted octanol–water partition coefficient (Wildman–Crippen LogP) is 3.28. The summed E-state index contributed by atoms with van der Waals surface area (Å²) in [5.41, 5.74) is 2.73. The van der Waals surface area contributed by atoms with Crippen molar-refractivity contribution in [1.82, 2.24) is 14.9 Å². The number of imidazole rings is 1. The Bertz CT molecular complexity index is 813. The van der Waals surface area contributed by atoms with E-state index in [1.807, 2.05) is 51.4 Å². The molecular formula is C19H27N3O3. The van der Waals surface area contributed by atoms with Gasteiger partial charge in [0.05, 0.1) is 17.6 Å². The van der Waals surface area contributed by atoms with Crippen molar-refractivity contribution in [2.75, 3.05) is 0 Å². The van der Waals surface area contributed by atoms with Crippen LogP contribution in [0, 0.1) is 6.92 Å². The van der Waals surface area contributed by atoms with Gasteiger partial charge in [-0.05, 0) is 70.2 Å². The van der Waals surface area contributed by atoms with Crippen molar-refractivity contribution in [1.29, 1.82) is 0 Å². The predicted molar refractivity (Wildman–Crippen MR) is 96.3 cm³/mol. The van der Waals surface area contributed by atoms with Gasteiger partial charge in [-0.25, -0.2) is 9.78 Å². The van der Waals surface area contributed by atoms with Crippen LogP contribution >= 0.6 is 0 Å². The highest BCUT2D eigenvalue weighted by Gasteiger charge is 2.44. The Labute approximate surface area is 148 Å². The molecule has 2 N–H and O–H groups in total. The summed E-state index contributed by atoms with van der Waals surface area (Å²) in [6.07, 6.45) is 2.32. The second kappa shape index (κ2) is 6.02. The molecule has 0 atom stereocenters. The van der Waals surface area contributed by atoms with E-state index in [1.54, 1.807) is 0 Å². The number of amides is 1. The molecule has 1 aromatic heterocycles. The molecule has 6 heteroatoms. The maximum atomic E-state index is 12.3. The van der Waals surface area contributed by atoms with Gasteiger partial charge in [0.2, 0.25) is 0 Å². The fraction of sp³-hybridized carbons (Fsp3) is 0.579. The van der Waals surface area contributed by atoms with Gasteiger partial charge in [-0.2, -0.15) is 0 Å². The molecule has 6 nitrogen and oxygen atoms in total. The van der Waals surface area contributed by atoms with E-state index >= 15 is 0 Å². The van der Waals surface area contributed by atoms with Crippen LogP contribution in [0.3, 0.4) is 0 Å². The molecule has 0 aliphatic heterocycles. The highest BCUT2D eigenvalue weighted by molar-refractivity contribution is 5.79. The van der Waals surface area contributed by atoms with Crippen molar-refractivity contribution in [3.05, 3.63) is 29.1 Å². The number of aryl methyl sites for hydroxylation is 2. The molecule has 0 spiro atoms. The number of aromatic nitrogens is 2. The number of carbonyl (C=O) groups is 1. The summed E-state index contributed by atoms with van der Waals surface area (Å²) in [5.74, 6) is 0.842. The molecule has 1 amide bonds. The molecule has 0 unspecified atom stereocenters. The molecule has 3 rings (SSSR count). The molecular weight excluding hydrogens is 318 g/mol. The standard InChI is InChI=1S/C19H27N3O3/c1-12-9-14-15(10-13(12)11-23)22(5)16(20-14)19(7-6-8-19)21-17(24)25-18(2,3)4/h9-10,23H,6-8,11H2,1-5H3,(H,21,24). The van der Waals surface area contributed by atoms with Crippen LogP contribution in [0.15, 0.2) is 12.1 Å². The molecule has 1 fully saturated rings. The van der Waals surface area contributed by atoms with Gasteiger partial charge >= 0.3 is 6.09 Å². The SMILES string of the molecule is Cc1cc2nc(C3(NC(=O)OC(C)(C)C)CCC3)n(C)c2cc1CO. The van der Waals surface area contributed by atoms with Crippen LogP contribution < -0.4 is 5.32 Å². The van der Waals surface area contributed by atoms with E-state index in [-0.39, 0.29) is 6.61 Å². The van der Waals surface area contributed by atoms with Gasteiger partial charge in [-0.3, -0.25) is 0 Å². The highest BCUT2D eigenvalue weighted by atomic mass is 16.6. The second-order valence-corrected chi connectivity index (χ2v) is 7.98. The molecule has 0 saturated heterocycles. The number of rotatable bonds is 3. The number of alkyl carbamates (subject to hydrolysis) is 1. The maximum absolute atomic E-state index is 12.3. The van der Waals surface area contributed by atoms with Crippen molar-refractivity contribution >= 4 is 17.1 Å². The molecule has 1 aliphatic carbocycles. The Hall–Kier alpha value is -2.08. The quantitative estimate of drug-likeness (QED) is 0.895. The van der Waals surface area contributed by atoms with Crippen molar-refractivity contribution in [3.8, 4) is 0 Å². The number of hydrogen-bond donors (Lipinski definition) is 2. The minimum Gasteiger partial charge on any atom is -0.444 e. The first-order valence-electron chi connectivity index (χ1n) is 8.74. The van der Waals surface area contributed by atoms with Crippen LogP contribution in [0.4, 0.5) is 4.79 Å². The number of carbonyl (C=O) groups excluding carboxylic acids is 1. The number of ether oxygens (including phenoxy) is 1. The Morgan fingerprint density at radius 1 is 1.40 bits per heavy atom. The van der Waals surface area contributed by atoms with Gasteiger partial charge in [0.15, 0.2) is 0 Å². The normalized spacial score (nSPS) is 16.6. The Morgan fingerprint density at radius 3 is 2.60 bits per heavy atom. The summed E-state index contributed by atoms with van der Waals surface area (Å²) >= 11 is 0. The van der Waals surface area contributed by atoms with Gasteiger partial charge in [0.25, 0.3) is 0 Å². The van der Waals surface area contributed by atoms with E-state index in [0.29, 0.717) is 0 Å². The van der Waals surface area contributed by atoms with E-state index in [0.717, 1.165) is 47.2 Å². The lowest BCUT2D eigenvalue weighted by Gasteiger charge is -2.41. The number of nitrogens with one attached hydrogen (secondary N) is 1. The summed E-state index contributed by atoms with van der Waals surface area (Å²) in [5, 5.41) is 12.6. The zero-order valence-electron chi connectivity index (χ0n) is 15.6. The summed E-state index contributed by atoms with van der Waals surface area (Å²) in [6, 6.07) is 3.96. The lowest BCUT2D eigenvalue weighted by molar-refractivity contribution is 0.0362. The van der Waals surface area contributed by atoms with Crippen LogP contribution in [0.25, 0.3) is 11.0 Å². The molecule has 1 heterocycles. The van der Waals surface area contributed by atoms with Gasteiger partial charge in [-0.1, -0.05) is 0 Å². The van der Waals surface area contributed by atoms with Crippen LogP contribution in [-0.4, -0.2) is 26.4 Å². The number of hydrogen-bond acceptors (Lipinski definition) is 4. The number of nitrogens with zero attached hydrogens (tertiary/aromatic N) is 2. The van der Waals surface area contributed by atoms with Crippen LogP contribution in [-0.2, 0) is 23.9 Å². The fourth-order valence-electron chi connectivity index (χ4n) is 3.42. The van der Waals surface area contributed by atoms with E-state index in [2.05, 4.69) is 5.32 Å². The van der Waals surface area contributed by atoms with Crippen molar-refractivity contribution in [2.45, 2.75) is 64.7 Å². The fourth-order valence-corrected chi connectivity index (χ4v) is 3.42. The lowest BCUT2D eigenvalue weighted by atomic mass is 9.76. The average molecular weight is 345 g/mol.